The minimum Gasteiger partial charge on any atom is -0.748 e. The van der Waals surface area contributed by atoms with Crippen molar-refractivity contribution in [3.63, 3.8) is 0 Å². The topological polar surface area (TPSA) is 77.5 Å². The van der Waals surface area contributed by atoms with E-state index >= 15 is 0 Å². The van der Waals surface area contributed by atoms with Crippen LogP contribution in [0, 0.1) is 0 Å². The van der Waals surface area contributed by atoms with Crippen LogP contribution in [0.2, 0.25) is 0 Å². The molecule has 0 aliphatic heterocycles. The van der Waals surface area contributed by atoms with Gasteiger partial charge in [0.15, 0.2) is 0 Å². The normalized spacial score (nSPS) is 11.6. The van der Waals surface area contributed by atoms with Crippen LogP contribution in [0.3, 0.4) is 0 Å². The Kier molecular flexibility index (Phi) is 28.1. The largest absolute Gasteiger partial charge is 1.00 e. The molecule has 1 amide bonds. The second-order valence-electron chi connectivity index (χ2n) is 9.18. The summed E-state index contributed by atoms with van der Waals surface area (Å²) < 4.78 is 31.7. The van der Waals surface area contributed by atoms with Crippen LogP contribution in [-0.4, -0.2) is 43.1 Å². The summed E-state index contributed by atoms with van der Waals surface area (Å²) in [6, 6.07) is 0. The Morgan fingerprint density at radius 1 is 0.727 bits per heavy atom. The molecule has 5 nitrogen and oxygen atoms in total. The Labute approximate surface area is 248 Å². The van der Waals surface area contributed by atoms with E-state index in [2.05, 4.69) is 19.1 Å². The number of amides is 1. The van der Waals surface area contributed by atoms with Gasteiger partial charge in [0.1, 0.15) is 0 Å². The molecule has 0 saturated carbocycles. The first kappa shape index (κ1) is 35.9. The van der Waals surface area contributed by atoms with Gasteiger partial charge in [-0.3, -0.25) is 4.79 Å². The van der Waals surface area contributed by atoms with Gasteiger partial charge in [0, 0.05) is 25.8 Å². The van der Waals surface area contributed by atoms with Crippen molar-refractivity contribution in [3.8, 4) is 0 Å². The minimum atomic E-state index is -4.18. The van der Waals surface area contributed by atoms with Crippen molar-refractivity contribution in [2.45, 2.75) is 129 Å². The van der Waals surface area contributed by atoms with E-state index in [-0.39, 0.29) is 63.7 Å². The molecule has 0 spiro atoms. The van der Waals surface area contributed by atoms with E-state index in [0.29, 0.717) is 13.0 Å². The van der Waals surface area contributed by atoms with Gasteiger partial charge in [-0.25, -0.2) is 8.42 Å². The third kappa shape index (κ3) is 28.9. The fourth-order valence-electron chi connectivity index (χ4n) is 3.85. The van der Waals surface area contributed by atoms with Crippen molar-refractivity contribution in [1.82, 2.24) is 4.90 Å². The molecule has 0 aliphatic rings. The molecule has 0 fully saturated rings. The zero-order chi connectivity index (χ0) is 23.9. The number of rotatable bonds is 23. The summed E-state index contributed by atoms with van der Waals surface area (Å²) in [5.74, 6) is -0.366. The van der Waals surface area contributed by atoms with Gasteiger partial charge in [-0.15, -0.1) is 0 Å². The molecule has 0 heterocycles. The van der Waals surface area contributed by atoms with Crippen molar-refractivity contribution < 1.29 is 69.1 Å². The fourth-order valence-corrected chi connectivity index (χ4v) is 4.33. The van der Waals surface area contributed by atoms with Gasteiger partial charge < -0.3 is 9.45 Å². The Morgan fingerprint density at radius 2 is 1.15 bits per heavy atom. The van der Waals surface area contributed by atoms with Gasteiger partial charge in [-0.2, -0.15) is 0 Å². The molecule has 0 bridgehead atoms. The molecule has 7 heteroatoms. The summed E-state index contributed by atoms with van der Waals surface area (Å²) in [6.45, 7) is 2.59. The molecular formula is C26H50KNO4S. The maximum atomic E-state index is 12.0. The minimum absolute atomic E-state index is 0. The maximum Gasteiger partial charge on any atom is 1.00 e. The molecule has 190 valence electrons. The second-order valence-corrected chi connectivity index (χ2v) is 10.7. The molecule has 0 aliphatic carbocycles. The van der Waals surface area contributed by atoms with Gasteiger partial charge >= 0.3 is 51.4 Å². The van der Waals surface area contributed by atoms with E-state index in [4.69, 9.17) is 0 Å². The Balaban J connectivity index is 0. The van der Waals surface area contributed by atoms with E-state index in [0.717, 1.165) is 12.8 Å². The number of allylic oxidation sites excluding steroid dienone is 2. The van der Waals surface area contributed by atoms with Crippen LogP contribution in [-0.2, 0) is 14.9 Å². The standard InChI is InChI=1S/C26H51NO4S.K/c1-3-4-5-6-7-8-9-10-11-12-13-14-15-16-17-18-19-20-21-23-26(28)27(2)24-22-25-32(29,30)31;/h10-11H,3-9,12-25H2,1-2H3,(H,29,30,31);/q;+1/p-1/b11-10+;. The first-order valence-corrected chi connectivity index (χ1v) is 14.8. The van der Waals surface area contributed by atoms with Crippen molar-refractivity contribution in [3.05, 3.63) is 12.2 Å². The van der Waals surface area contributed by atoms with E-state index in [1.807, 2.05) is 0 Å². The molecule has 0 rings (SSSR count). The molecule has 0 unspecified atom stereocenters. The summed E-state index contributed by atoms with van der Waals surface area (Å²) in [5.41, 5.74) is 0. The third-order valence-corrected chi connectivity index (χ3v) is 6.75. The monoisotopic (exact) mass is 511 g/mol. The van der Waals surface area contributed by atoms with E-state index in [9.17, 15) is 17.8 Å². The molecule has 33 heavy (non-hydrogen) atoms. The molecule has 0 N–H and O–H groups in total. The van der Waals surface area contributed by atoms with Gasteiger partial charge in [0.25, 0.3) is 0 Å². The van der Waals surface area contributed by atoms with E-state index < -0.39 is 15.9 Å². The summed E-state index contributed by atoms with van der Waals surface area (Å²) >= 11 is 0. The predicted octanol–water partition coefficient (Wildman–Crippen LogP) is 3.98. The molecule has 0 atom stereocenters. The molecule has 0 saturated heterocycles. The SMILES string of the molecule is CCCCCCCC/C=C/CCCCCCCCCCCC(=O)N(C)CCCS(=O)(=O)[O-].[K+]. The number of carbonyl (C=O) groups is 1. The first-order chi connectivity index (χ1) is 15.4. The molecule has 0 aromatic heterocycles. The number of hydrogen-bond acceptors (Lipinski definition) is 4. The Morgan fingerprint density at radius 3 is 1.61 bits per heavy atom. The zero-order valence-electron chi connectivity index (χ0n) is 22.0. The quantitative estimate of drug-likeness (QED) is 0.0900. The van der Waals surface area contributed by atoms with Crippen molar-refractivity contribution in [2.75, 3.05) is 19.3 Å². The van der Waals surface area contributed by atoms with E-state index in [1.165, 1.54) is 101 Å². The van der Waals surface area contributed by atoms with Crippen molar-refractivity contribution >= 4 is 16.0 Å². The third-order valence-electron chi connectivity index (χ3n) is 5.97. The number of unbranched alkanes of at least 4 members (excludes halogenated alkanes) is 15. The average molecular weight is 512 g/mol. The first-order valence-electron chi connectivity index (χ1n) is 13.2. The summed E-state index contributed by atoms with van der Waals surface area (Å²) in [4.78, 5) is 13.5. The molecule has 0 radical (unpaired) electrons. The van der Waals surface area contributed by atoms with E-state index in [1.54, 1.807) is 7.05 Å². The molecular weight excluding hydrogens is 461 g/mol. The number of nitrogens with zero attached hydrogens (tertiary/aromatic N) is 1. The fraction of sp³-hybridized carbons (Fsp3) is 0.885. The molecule has 0 aromatic carbocycles. The molecule has 0 aromatic rings. The zero-order valence-corrected chi connectivity index (χ0v) is 25.9. The number of hydrogen-bond donors (Lipinski definition) is 0. The van der Waals surface area contributed by atoms with Gasteiger partial charge in [0.2, 0.25) is 5.91 Å². The van der Waals surface area contributed by atoms with Crippen LogP contribution in [0.5, 0.6) is 0 Å². The smallest absolute Gasteiger partial charge is 0.748 e. The predicted molar refractivity (Wildman–Crippen MR) is 135 cm³/mol. The van der Waals surface area contributed by atoms with Gasteiger partial charge in [-0.05, 0) is 38.5 Å². The van der Waals surface area contributed by atoms with Crippen LogP contribution in [0.1, 0.15) is 129 Å². The van der Waals surface area contributed by atoms with Gasteiger partial charge in [-0.1, -0.05) is 96.1 Å². The summed E-state index contributed by atoms with van der Waals surface area (Å²) in [6.07, 6.45) is 27.1. The Hall–Kier alpha value is 0.756. The summed E-state index contributed by atoms with van der Waals surface area (Å²) in [5, 5.41) is 0. The summed E-state index contributed by atoms with van der Waals surface area (Å²) in [7, 11) is -2.51. The Bertz CT molecular complexity index is 567. The van der Waals surface area contributed by atoms with Crippen LogP contribution in [0.25, 0.3) is 0 Å². The second kappa shape index (κ2) is 25.8. The van der Waals surface area contributed by atoms with Crippen LogP contribution >= 0.6 is 0 Å². The van der Waals surface area contributed by atoms with Crippen LogP contribution in [0.4, 0.5) is 0 Å². The van der Waals surface area contributed by atoms with Crippen molar-refractivity contribution in [2.24, 2.45) is 0 Å². The average Bonchev–Trinajstić information content (AvgIpc) is 2.74. The maximum absolute atomic E-state index is 12.0. The van der Waals surface area contributed by atoms with Crippen molar-refractivity contribution in [1.29, 1.82) is 0 Å². The van der Waals surface area contributed by atoms with Crippen LogP contribution in [0.15, 0.2) is 12.2 Å². The van der Waals surface area contributed by atoms with Crippen LogP contribution < -0.4 is 51.4 Å². The van der Waals surface area contributed by atoms with Gasteiger partial charge in [0.05, 0.1) is 10.1 Å². The number of carbonyl (C=O) groups excluding carboxylic acids is 1.